The molecule has 1 aromatic heterocycles. The van der Waals surface area contributed by atoms with Crippen LogP contribution in [0.2, 0.25) is 0 Å². The molecule has 0 unspecified atom stereocenters. The van der Waals surface area contributed by atoms with Crippen molar-refractivity contribution in [1.29, 1.82) is 0 Å². The Morgan fingerprint density at radius 1 is 1.35 bits per heavy atom. The molecule has 6 nitrogen and oxygen atoms in total. The van der Waals surface area contributed by atoms with Crippen LogP contribution >= 0.6 is 15.9 Å². The number of nitrogens with one attached hydrogen (secondary N) is 2. The van der Waals surface area contributed by atoms with E-state index in [4.69, 9.17) is 4.42 Å². The van der Waals surface area contributed by atoms with Gasteiger partial charge >= 0.3 is 12.0 Å². The summed E-state index contributed by atoms with van der Waals surface area (Å²) in [5.74, 6) is -0.391. The molecule has 0 spiro atoms. The first-order valence-corrected chi connectivity index (χ1v) is 6.74. The number of furan rings is 1. The summed E-state index contributed by atoms with van der Waals surface area (Å²) in [6.45, 7) is 3.67. The van der Waals surface area contributed by atoms with Crippen molar-refractivity contribution < 1.29 is 18.7 Å². The third kappa shape index (κ3) is 2.93. The summed E-state index contributed by atoms with van der Waals surface area (Å²) in [5, 5.41) is 0.834. The Bertz CT molecular complexity index is 666. The molecule has 2 aromatic rings. The van der Waals surface area contributed by atoms with Crippen LogP contribution in [0.1, 0.15) is 23.0 Å². The maximum atomic E-state index is 11.9. The molecule has 2 amide bonds. The summed E-state index contributed by atoms with van der Waals surface area (Å²) in [5.41, 5.74) is 5.67. The van der Waals surface area contributed by atoms with Gasteiger partial charge in [-0.1, -0.05) is 15.9 Å². The number of hydrogen-bond donors (Lipinski definition) is 2. The van der Waals surface area contributed by atoms with Gasteiger partial charge in [-0.25, -0.2) is 10.2 Å². The van der Waals surface area contributed by atoms with Crippen LogP contribution < -0.4 is 10.9 Å². The first-order valence-electron chi connectivity index (χ1n) is 5.94. The van der Waals surface area contributed by atoms with Crippen molar-refractivity contribution >= 4 is 38.9 Å². The van der Waals surface area contributed by atoms with E-state index < -0.39 is 12.0 Å². The van der Waals surface area contributed by atoms with E-state index in [2.05, 4.69) is 31.5 Å². The van der Waals surface area contributed by atoms with Crippen LogP contribution in [0.5, 0.6) is 0 Å². The zero-order valence-electron chi connectivity index (χ0n) is 11.0. The minimum absolute atomic E-state index is 0.148. The smallest absolute Gasteiger partial charge is 0.426 e. The van der Waals surface area contributed by atoms with Crippen molar-refractivity contribution in [1.82, 2.24) is 10.9 Å². The fourth-order valence-electron chi connectivity index (χ4n) is 1.74. The number of ether oxygens (including phenoxy) is 1. The lowest BCUT2D eigenvalue weighted by Gasteiger charge is -2.05. The van der Waals surface area contributed by atoms with E-state index in [9.17, 15) is 9.59 Å². The predicted molar refractivity (Wildman–Crippen MR) is 76.3 cm³/mol. The summed E-state index contributed by atoms with van der Waals surface area (Å²) in [4.78, 5) is 23.0. The number of aryl methyl sites for hydroxylation is 1. The Morgan fingerprint density at radius 2 is 2.10 bits per heavy atom. The van der Waals surface area contributed by atoms with Crippen LogP contribution in [-0.2, 0) is 4.74 Å². The van der Waals surface area contributed by atoms with E-state index in [1.165, 1.54) is 0 Å². The standard InChI is InChI=1S/C13H13BrN2O4/c1-3-19-13(18)16-15-12(17)11-7(2)9-6-8(14)4-5-10(9)20-11/h4-6H,3H2,1-2H3,(H,15,17)(H,16,18). The van der Waals surface area contributed by atoms with E-state index in [1.54, 1.807) is 19.9 Å². The van der Waals surface area contributed by atoms with Gasteiger partial charge in [0, 0.05) is 15.4 Å². The van der Waals surface area contributed by atoms with Crippen LogP contribution in [0.3, 0.4) is 0 Å². The highest BCUT2D eigenvalue weighted by atomic mass is 79.9. The van der Waals surface area contributed by atoms with Crippen molar-refractivity contribution in [2.75, 3.05) is 6.61 Å². The first kappa shape index (κ1) is 14.4. The molecule has 0 saturated carbocycles. The van der Waals surface area contributed by atoms with E-state index >= 15 is 0 Å². The number of carbonyl (C=O) groups excluding carboxylic acids is 2. The van der Waals surface area contributed by atoms with Crippen LogP contribution in [-0.4, -0.2) is 18.6 Å². The largest absolute Gasteiger partial charge is 0.451 e. The number of halogens is 1. The minimum Gasteiger partial charge on any atom is -0.451 e. The Morgan fingerprint density at radius 3 is 2.80 bits per heavy atom. The monoisotopic (exact) mass is 340 g/mol. The number of hydrogen-bond acceptors (Lipinski definition) is 4. The van der Waals surface area contributed by atoms with Crippen molar-refractivity contribution in [3.05, 3.63) is 34.0 Å². The third-order valence-electron chi connectivity index (χ3n) is 2.66. The molecule has 0 fully saturated rings. The van der Waals surface area contributed by atoms with Gasteiger partial charge in [0.1, 0.15) is 5.58 Å². The molecule has 0 aliphatic carbocycles. The molecule has 0 saturated heterocycles. The summed E-state index contributed by atoms with van der Waals surface area (Å²) in [7, 11) is 0. The molecule has 20 heavy (non-hydrogen) atoms. The number of rotatable bonds is 2. The van der Waals surface area contributed by atoms with E-state index in [1.807, 2.05) is 12.1 Å². The average molecular weight is 341 g/mol. The molecule has 2 N–H and O–H groups in total. The van der Waals surface area contributed by atoms with Gasteiger partial charge in [0.05, 0.1) is 6.61 Å². The average Bonchev–Trinajstić information content (AvgIpc) is 2.74. The summed E-state index contributed by atoms with van der Waals surface area (Å²) < 4.78 is 11.0. The lowest BCUT2D eigenvalue weighted by molar-refractivity contribution is 0.0887. The molecule has 0 radical (unpaired) electrons. The van der Waals surface area contributed by atoms with Gasteiger partial charge in [0.2, 0.25) is 0 Å². The summed E-state index contributed by atoms with van der Waals surface area (Å²) >= 11 is 3.36. The molecule has 106 valence electrons. The number of amides is 2. The van der Waals surface area contributed by atoms with Gasteiger partial charge in [0.15, 0.2) is 5.76 Å². The minimum atomic E-state index is -0.725. The molecular formula is C13H13BrN2O4. The SMILES string of the molecule is CCOC(=O)NNC(=O)c1oc2ccc(Br)cc2c1C. The topological polar surface area (TPSA) is 80.6 Å². The molecule has 1 aromatic carbocycles. The zero-order valence-corrected chi connectivity index (χ0v) is 12.5. The highest BCUT2D eigenvalue weighted by molar-refractivity contribution is 9.10. The normalized spacial score (nSPS) is 10.3. The first-order chi connectivity index (χ1) is 9.52. The van der Waals surface area contributed by atoms with Crippen molar-refractivity contribution in [2.24, 2.45) is 0 Å². The van der Waals surface area contributed by atoms with Gasteiger partial charge in [0.25, 0.3) is 0 Å². The Balaban J connectivity index is 2.18. The van der Waals surface area contributed by atoms with E-state index in [0.29, 0.717) is 11.1 Å². The fourth-order valence-corrected chi connectivity index (χ4v) is 2.10. The van der Waals surface area contributed by atoms with Crippen LogP contribution in [0.25, 0.3) is 11.0 Å². The lowest BCUT2D eigenvalue weighted by atomic mass is 10.1. The molecule has 0 aliphatic rings. The van der Waals surface area contributed by atoms with E-state index in [-0.39, 0.29) is 12.4 Å². The third-order valence-corrected chi connectivity index (χ3v) is 3.15. The second-order valence-electron chi connectivity index (χ2n) is 4.00. The van der Waals surface area contributed by atoms with Gasteiger partial charge in [-0.15, -0.1) is 0 Å². The predicted octanol–water partition coefficient (Wildman–Crippen LogP) is 2.89. The van der Waals surface area contributed by atoms with E-state index in [0.717, 1.165) is 9.86 Å². The molecular weight excluding hydrogens is 328 g/mol. The number of benzene rings is 1. The highest BCUT2D eigenvalue weighted by Crippen LogP contribution is 2.27. The Kier molecular flexibility index (Phi) is 4.29. The molecule has 0 bridgehead atoms. The fraction of sp³-hybridized carbons (Fsp3) is 0.231. The lowest BCUT2D eigenvalue weighted by Crippen LogP contribution is -2.42. The maximum absolute atomic E-state index is 11.9. The quantitative estimate of drug-likeness (QED) is 0.823. The molecule has 1 heterocycles. The molecule has 0 atom stereocenters. The molecule has 7 heteroatoms. The zero-order chi connectivity index (χ0) is 14.7. The van der Waals surface area contributed by atoms with Crippen molar-refractivity contribution in [3.8, 4) is 0 Å². The van der Waals surface area contributed by atoms with Gasteiger partial charge in [-0.2, -0.15) is 0 Å². The second-order valence-corrected chi connectivity index (χ2v) is 4.91. The van der Waals surface area contributed by atoms with Crippen LogP contribution in [0.4, 0.5) is 4.79 Å². The summed E-state index contributed by atoms with van der Waals surface area (Å²) in [6, 6.07) is 5.45. The number of carbonyl (C=O) groups is 2. The van der Waals surface area contributed by atoms with Gasteiger partial charge in [-0.05, 0) is 32.0 Å². The summed E-state index contributed by atoms with van der Waals surface area (Å²) in [6.07, 6.45) is -0.725. The second kappa shape index (κ2) is 5.96. The van der Waals surface area contributed by atoms with Crippen molar-refractivity contribution in [2.45, 2.75) is 13.8 Å². The number of hydrazine groups is 1. The van der Waals surface area contributed by atoms with Crippen LogP contribution in [0, 0.1) is 6.92 Å². The molecule has 2 rings (SSSR count). The highest BCUT2D eigenvalue weighted by Gasteiger charge is 2.18. The van der Waals surface area contributed by atoms with Crippen molar-refractivity contribution in [3.63, 3.8) is 0 Å². The van der Waals surface area contributed by atoms with Gasteiger partial charge < -0.3 is 9.15 Å². The Hall–Kier alpha value is -2.02. The Labute approximate surface area is 123 Å². The van der Waals surface area contributed by atoms with Crippen LogP contribution in [0.15, 0.2) is 27.1 Å². The molecule has 0 aliphatic heterocycles. The van der Waals surface area contributed by atoms with Gasteiger partial charge in [-0.3, -0.25) is 10.2 Å². The maximum Gasteiger partial charge on any atom is 0.426 e. The number of fused-ring (bicyclic) bond motifs is 1.